The van der Waals surface area contributed by atoms with E-state index in [9.17, 15) is 0 Å². The van der Waals surface area contributed by atoms with Gasteiger partial charge in [0.25, 0.3) is 0 Å². The molecule has 2 aliphatic carbocycles. The van der Waals surface area contributed by atoms with Crippen LogP contribution < -0.4 is 0 Å². The topological polar surface area (TPSA) is 12.9 Å². The lowest BCUT2D eigenvalue weighted by Crippen LogP contribution is -1.99. The zero-order valence-electron chi connectivity index (χ0n) is 23.9. The Morgan fingerprint density at radius 3 is 1.68 bits per heavy atom. The molecule has 2 aliphatic rings. The summed E-state index contributed by atoms with van der Waals surface area (Å²) in [6.07, 6.45) is 38.8. The van der Waals surface area contributed by atoms with Crippen LogP contribution >= 0.6 is 11.3 Å². The number of thiazole rings is 1. The first kappa shape index (κ1) is 28.8. The molecule has 206 valence electrons. The monoisotopic (exact) mass is 521 g/mol. The van der Waals surface area contributed by atoms with Crippen molar-refractivity contribution in [3.63, 3.8) is 0 Å². The van der Waals surface area contributed by atoms with Gasteiger partial charge in [0.05, 0.1) is 15.2 Å². The molecule has 0 spiro atoms. The van der Waals surface area contributed by atoms with Gasteiger partial charge in [0.1, 0.15) is 0 Å². The van der Waals surface area contributed by atoms with E-state index >= 15 is 0 Å². The van der Waals surface area contributed by atoms with Crippen molar-refractivity contribution in [2.45, 2.75) is 166 Å². The van der Waals surface area contributed by atoms with Crippen LogP contribution in [0.2, 0.25) is 0 Å². The smallest absolute Gasteiger partial charge is 0.0969 e. The first-order valence-corrected chi connectivity index (χ1v) is 17.3. The third-order valence-electron chi connectivity index (χ3n) is 9.07. The van der Waals surface area contributed by atoms with E-state index in [0.717, 1.165) is 0 Å². The summed E-state index contributed by atoms with van der Waals surface area (Å²) >= 11 is 2.02. The molecule has 1 fully saturated rings. The number of hydrogen-bond acceptors (Lipinski definition) is 2. The summed E-state index contributed by atoms with van der Waals surface area (Å²) in [4.78, 5) is 5.23. The van der Waals surface area contributed by atoms with Gasteiger partial charge in [0, 0.05) is 11.8 Å². The van der Waals surface area contributed by atoms with Gasteiger partial charge in [-0.1, -0.05) is 140 Å². The van der Waals surface area contributed by atoms with Gasteiger partial charge in [-0.15, -0.1) is 11.3 Å². The van der Waals surface area contributed by atoms with Gasteiger partial charge < -0.3 is 0 Å². The van der Waals surface area contributed by atoms with Crippen LogP contribution in [0.25, 0.3) is 10.2 Å². The van der Waals surface area contributed by atoms with E-state index in [1.165, 1.54) is 175 Å². The quantitative estimate of drug-likeness (QED) is 0.358. The van der Waals surface area contributed by atoms with E-state index in [1.54, 1.807) is 0 Å². The Kier molecular flexibility index (Phi) is 13.6. The minimum atomic E-state index is 0.578. The molecule has 2 aromatic rings. The van der Waals surface area contributed by atoms with Gasteiger partial charge in [0.2, 0.25) is 0 Å². The summed E-state index contributed by atoms with van der Waals surface area (Å²) in [5.74, 6) is 1.25. The van der Waals surface area contributed by atoms with E-state index in [-0.39, 0.29) is 0 Å². The molecule has 1 aromatic carbocycles. The van der Waals surface area contributed by atoms with Gasteiger partial charge in [-0.25, -0.2) is 4.98 Å². The maximum absolute atomic E-state index is 5.23. The zero-order valence-corrected chi connectivity index (χ0v) is 24.7. The highest BCUT2D eigenvalue weighted by atomic mass is 32.1. The Morgan fingerprint density at radius 2 is 1.08 bits per heavy atom. The van der Waals surface area contributed by atoms with Crippen LogP contribution in [-0.4, -0.2) is 4.98 Å². The fraction of sp³-hybridized carbons (Fsp3) is 0.743. The first-order chi connectivity index (χ1) is 18.4. The Bertz CT molecular complexity index is 880. The highest BCUT2D eigenvalue weighted by molar-refractivity contribution is 7.18. The fourth-order valence-electron chi connectivity index (χ4n) is 6.63. The molecule has 1 unspecified atom stereocenters. The molecule has 37 heavy (non-hydrogen) atoms. The molecule has 0 bridgehead atoms. The zero-order chi connectivity index (χ0) is 25.4. The Morgan fingerprint density at radius 1 is 0.568 bits per heavy atom. The van der Waals surface area contributed by atoms with Crippen LogP contribution in [-0.2, 0) is 0 Å². The minimum Gasteiger partial charge on any atom is -0.241 e. The van der Waals surface area contributed by atoms with Crippen LogP contribution in [0.4, 0.5) is 0 Å². The van der Waals surface area contributed by atoms with Gasteiger partial charge in [-0.3, -0.25) is 0 Å². The highest BCUT2D eigenvalue weighted by Gasteiger charge is 2.18. The van der Waals surface area contributed by atoms with Crippen molar-refractivity contribution in [3.8, 4) is 0 Å². The maximum Gasteiger partial charge on any atom is 0.0969 e. The highest BCUT2D eigenvalue weighted by Crippen LogP contribution is 2.36. The summed E-state index contributed by atoms with van der Waals surface area (Å²) < 4.78 is 1.43. The molecule has 1 nitrogen and oxygen atoms in total. The summed E-state index contributed by atoms with van der Waals surface area (Å²) in [6, 6.07) is 7.25. The SMILES string of the molecule is C1=C\C(c2ccc3nc(C4CCCCCCCCCCCCCC4)sc3c2)CCCCCCCCCC/1. The summed E-state index contributed by atoms with van der Waals surface area (Å²) in [5, 5.41) is 1.43. The largest absolute Gasteiger partial charge is 0.241 e. The second-order valence-electron chi connectivity index (χ2n) is 12.2. The summed E-state index contributed by atoms with van der Waals surface area (Å²) in [5.41, 5.74) is 2.77. The normalized spacial score (nSPS) is 24.7. The molecule has 1 heterocycles. The van der Waals surface area contributed by atoms with Crippen molar-refractivity contribution in [1.82, 2.24) is 4.98 Å². The third-order valence-corrected chi connectivity index (χ3v) is 10.2. The first-order valence-electron chi connectivity index (χ1n) is 16.5. The van der Waals surface area contributed by atoms with E-state index in [0.29, 0.717) is 11.8 Å². The standard InChI is InChI=1S/C35H55NS/c1-2-4-10-14-18-22-26-31(25-21-17-13-9-3-1)35-36-33-28-27-32(29-34(33)37-35)30-23-19-15-11-7-5-6-8-12-16-20-24-30/h19,23,27-31H,1-18,20-22,24-26H2/b23-19-. The molecule has 0 radical (unpaired) electrons. The molecule has 4 rings (SSSR count). The van der Waals surface area contributed by atoms with Gasteiger partial charge in [0.15, 0.2) is 0 Å². The Labute approximate surface area is 232 Å². The maximum atomic E-state index is 5.23. The molecule has 2 heteroatoms. The predicted molar refractivity (Wildman–Crippen MR) is 165 cm³/mol. The minimum absolute atomic E-state index is 0.578. The number of benzene rings is 1. The van der Waals surface area contributed by atoms with E-state index in [2.05, 4.69) is 30.4 Å². The van der Waals surface area contributed by atoms with Crippen LogP contribution in [0.15, 0.2) is 30.4 Å². The van der Waals surface area contributed by atoms with Gasteiger partial charge >= 0.3 is 0 Å². The Hall–Kier alpha value is -1.15. The van der Waals surface area contributed by atoms with Crippen LogP contribution in [0, 0.1) is 0 Å². The van der Waals surface area contributed by atoms with E-state index in [4.69, 9.17) is 4.98 Å². The summed E-state index contributed by atoms with van der Waals surface area (Å²) in [6.45, 7) is 0. The van der Waals surface area contributed by atoms with Crippen molar-refractivity contribution in [2.75, 3.05) is 0 Å². The van der Waals surface area contributed by atoms with E-state index < -0.39 is 0 Å². The van der Waals surface area contributed by atoms with E-state index in [1.807, 2.05) is 11.3 Å². The lowest BCUT2D eigenvalue weighted by Gasteiger charge is -2.14. The predicted octanol–water partition coefficient (Wildman–Crippen LogP) is 12.4. The van der Waals surface area contributed by atoms with Crippen LogP contribution in [0.5, 0.6) is 0 Å². The average molecular weight is 522 g/mol. The number of fused-ring (bicyclic) bond motifs is 1. The van der Waals surface area contributed by atoms with Crippen LogP contribution in [0.3, 0.4) is 0 Å². The van der Waals surface area contributed by atoms with Gasteiger partial charge in [-0.2, -0.15) is 0 Å². The number of rotatable bonds is 2. The van der Waals surface area contributed by atoms with Crippen molar-refractivity contribution in [2.24, 2.45) is 0 Å². The molecule has 0 saturated heterocycles. The van der Waals surface area contributed by atoms with Crippen molar-refractivity contribution in [1.29, 1.82) is 0 Å². The fourth-order valence-corrected chi connectivity index (χ4v) is 7.81. The number of hydrogen-bond donors (Lipinski definition) is 0. The molecule has 0 amide bonds. The third kappa shape index (κ3) is 10.5. The molecule has 1 saturated carbocycles. The molecular formula is C35H55NS. The Balaban J connectivity index is 1.43. The average Bonchev–Trinajstić information content (AvgIpc) is 3.34. The van der Waals surface area contributed by atoms with Crippen LogP contribution in [0.1, 0.15) is 177 Å². The van der Waals surface area contributed by atoms with Crippen molar-refractivity contribution >= 4 is 21.6 Å². The number of aromatic nitrogens is 1. The number of nitrogens with zero attached hydrogens (tertiary/aromatic N) is 1. The molecular weight excluding hydrogens is 466 g/mol. The second-order valence-corrected chi connectivity index (χ2v) is 13.3. The molecule has 0 N–H and O–H groups in total. The molecule has 0 aliphatic heterocycles. The van der Waals surface area contributed by atoms with Gasteiger partial charge in [-0.05, 0) is 49.8 Å². The summed E-state index contributed by atoms with van der Waals surface area (Å²) in [7, 11) is 0. The number of allylic oxidation sites excluding steroid dienone is 2. The lowest BCUT2D eigenvalue weighted by atomic mass is 9.92. The molecule has 1 atom stereocenters. The van der Waals surface area contributed by atoms with Crippen molar-refractivity contribution in [3.05, 3.63) is 40.9 Å². The van der Waals surface area contributed by atoms with Crippen molar-refractivity contribution < 1.29 is 0 Å². The molecule has 1 aromatic heterocycles. The lowest BCUT2D eigenvalue weighted by molar-refractivity contribution is 0.492. The second kappa shape index (κ2) is 17.4.